The maximum absolute atomic E-state index is 13.1. The zero-order valence-electron chi connectivity index (χ0n) is 62.5. The molecule has 5 atom stereocenters. The number of allylic oxidation sites excluding steroid dienone is 10. The van der Waals surface area contributed by atoms with Crippen LogP contribution in [0, 0.1) is 0 Å². The van der Waals surface area contributed by atoms with Gasteiger partial charge in [0.15, 0.2) is 12.2 Å². The maximum Gasteiger partial charge on any atom is 0.472 e. The Hall–Kier alpha value is -3.24. The Morgan fingerprint density at radius 2 is 0.531 bits per heavy atom. The molecule has 572 valence electrons. The first-order valence-electron chi connectivity index (χ1n) is 39.5. The van der Waals surface area contributed by atoms with Crippen molar-refractivity contribution in [3.63, 3.8) is 0 Å². The molecule has 0 aromatic rings. The van der Waals surface area contributed by atoms with Crippen molar-refractivity contribution in [3.8, 4) is 0 Å². The van der Waals surface area contributed by atoms with E-state index in [2.05, 4.69) is 88.5 Å². The highest BCUT2D eigenvalue weighted by Crippen LogP contribution is 2.45. The number of rotatable bonds is 75. The van der Waals surface area contributed by atoms with Crippen LogP contribution in [0.25, 0.3) is 0 Å². The van der Waals surface area contributed by atoms with Crippen LogP contribution in [0.5, 0.6) is 0 Å². The number of carbonyl (C=O) groups excluding carboxylic acids is 4. The van der Waals surface area contributed by atoms with Gasteiger partial charge in [-0.2, -0.15) is 0 Å². The minimum atomic E-state index is -4.97. The van der Waals surface area contributed by atoms with Crippen LogP contribution in [0.15, 0.2) is 60.8 Å². The molecule has 19 heteroatoms. The third-order valence-corrected chi connectivity index (χ3v) is 18.9. The van der Waals surface area contributed by atoms with Crippen molar-refractivity contribution in [2.45, 2.75) is 380 Å². The molecule has 0 spiro atoms. The zero-order valence-corrected chi connectivity index (χ0v) is 64.3. The molecule has 98 heavy (non-hydrogen) atoms. The lowest BCUT2D eigenvalue weighted by atomic mass is 10.0. The summed E-state index contributed by atoms with van der Waals surface area (Å²) < 4.78 is 68.5. The second-order valence-corrected chi connectivity index (χ2v) is 29.6. The highest BCUT2D eigenvalue weighted by Gasteiger charge is 2.30. The smallest absolute Gasteiger partial charge is 0.462 e. The Morgan fingerprint density at radius 1 is 0.296 bits per heavy atom. The SMILES string of the molecule is CCCCC/C=C\C/C=C\CCCCCCCC(=O)OC[C@H](COP(=O)(O)OC[C@@H](O)COP(=O)(O)OC[C@@H](COC(=O)CCCCCCC/C=C\C=C/CCCCCC)OC(=O)CCCCCCCCCCCCCCC)OC(=O)CCCCCCC/C=C\CCCCCCCC. The van der Waals surface area contributed by atoms with Crippen molar-refractivity contribution in [3.05, 3.63) is 60.8 Å². The van der Waals surface area contributed by atoms with E-state index >= 15 is 0 Å². The van der Waals surface area contributed by atoms with Gasteiger partial charge >= 0.3 is 39.5 Å². The average molecular weight is 1430 g/mol. The molecule has 0 heterocycles. The van der Waals surface area contributed by atoms with Gasteiger partial charge in [0.05, 0.1) is 26.4 Å². The van der Waals surface area contributed by atoms with Crippen LogP contribution in [-0.4, -0.2) is 96.7 Å². The molecule has 0 aliphatic carbocycles. The van der Waals surface area contributed by atoms with Crippen LogP contribution in [0.4, 0.5) is 0 Å². The second-order valence-electron chi connectivity index (χ2n) is 26.7. The fourth-order valence-electron chi connectivity index (χ4n) is 10.9. The van der Waals surface area contributed by atoms with Gasteiger partial charge in [-0.1, -0.05) is 288 Å². The Morgan fingerprint density at radius 3 is 0.857 bits per heavy atom. The summed E-state index contributed by atoms with van der Waals surface area (Å²) in [5.41, 5.74) is 0. The van der Waals surface area contributed by atoms with E-state index in [1.54, 1.807) is 0 Å². The Bertz CT molecular complexity index is 2100. The molecule has 17 nitrogen and oxygen atoms in total. The number of ether oxygens (including phenoxy) is 4. The summed E-state index contributed by atoms with van der Waals surface area (Å²) in [5, 5.41) is 10.6. The van der Waals surface area contributed by atoms with Gasteiger partial charge in [-0.05, 0) is 109 Å². The molecule has 0 rings (SSSR count). The lowest BCUT2D eigenvalue weighted by molar-refractivity contribution is -0.161. The van der Waals surface area contributed by atoms with Crippen LogP contribution in [0.3, 0.4) is 0 Å². The molecule has 0 amide bonds. The summed E-state index contributed by atoms with van der Waals surface area (Å²) in [6.45, 7) is 4.84. The van der Waals surface area contributed by atoms with Crippen LogP contribution < -0.4 is 0 Å². The summed E-state index contributed by atoms with van der Waals surface area (Å²) in [4.78, 5) is 72.9. The summed E-state index contributed by atoms with van der Waals surface area (Å²) in [6.07, 6.45) is 70.5. The highest BCUT2D eigenvalue weighted by molar-refractivity contribution is 7.47. The van der Waals surface area contributed by atoms with Gasteiger partial charge in [-0.25, -0.2) is 9.13 Å². The van der Waals surface area contributed by atoms with E-state index in [4.69, 9.17) is 37.0 Å². The van der Waals surface area contributed by atoms with E-state index in [0.29, 0.717) is 25.7 Å². The largest absolute Gasteiger partial charge is 0.472 e. The monoisotopic (exact) mass is 1430 g/mol. The zero-order chi connectivity index (χ0) is 71.8. The Balaban J connectivity index is 5.34. The van der Waals surface area contributed by atoms with Crippen molar-refractivity contribution in [1.82, 2.24) is 0 Å². The number of aliphatic hydroxyl groups is 1. The van der Waals surface area contributed by atoms with E-state index in [1.165, 1.54) is 135 Å². The minimum absolute atomic E-state index is 0.0857. The lowest BCUT2D eigenvalue weighted by Gasteiger charge is -2.21. The van der Waals surface area contributed by atoms with Gasteiger partial charge in [0.25, 0.3) is 0 Å². The molecular formula is C79H144O17P2. The van der Waals surface area contributed by atoms with E-state index in [9.17, 15) is 43.2 Å². The number of aliphatic hydroxyl groups excluding tert-OH is 1. The van der Waals surface area contributed by atoms with Crippen LogP contribution >= 0.6 is 15.6 Å². The van der Waals surface area contributed by atoms with Crippen LogP contribution in [0.2, 0.25) is 0 Å². The standard InChI is InChI=1S/C79H144O17P2/c1-5-9-13-17-21-25-29-33-36-40-43-47-51-55-59-63-76(81)89-69-74(95-78(83)65-61-57-53-49-45-39-32-28-24-20-16-12-8-4)71-93-97(85,86)91-67-73(80)68-92-98(87,88)94-72-75(96-79(84)66-62-58-54-50-46-42-38-35-31-27-23-19-15-11-7-3)70-90-77(82)64-60-56-52-48-44-41-37-34-30-26-22-18-14-10-6-2/h22,25-26,29,33-38,73-75,80H,5-21,23-24,27-28,30-32,39-72H2,1-4H3,(H,85,86)(H,87,88)/b26-22-,29-25-,36-33-,37-34-,38-35-/t73-,74+,75+/m0/s1. The molecule has 2 unspecified atom stereocenters. The number of carbonyl (C=O) groups is 4. The first kappa shape index (κ1) is 94.8. The number of hydrogen-bond acceptors (Lipinski definition) is 15. The van der Waals surface area contributed by atoms with Crippen molar-refractivity contribution < 1.29 is 80.2 Å². The predicted molar refractivity (Wildman–Crippen MR) is 400 cm³/mol. The van der Waals surface area contributed by atoms with E-state index < -0.39 is 97.5 Å². The summed E-state index contributed by atoms with van der Waals surface area (Å²) in [5.74, 6) is -2.18. The first-order chi connectivity index (χ1) is 47.7. The molecule has 0 fully saturated rings. The molecule has 0 aromatic carbocycles. The highest BCUT2D eigenvalue weighted by atomic mass is 31.2. The van der Waals surface area contributed by atoms with Gasteiger partial charge in [-0.3, -0.25) is 37.3 Å². The number of esters is 4. The van der Waals surface area contributed by atoms with Gasteiger partial charge in [0.2, 0.25) is 0 Å². The number of hydrogen-bond donors (Lipinski definition) is 3. The molecule has 0 saturated heterocycles. The van der Waals surface area contributed by atoms with E-state index in [0.717, 1.165) is 148 Å². The van der Waals surface area contributed by atoms with Gasteiger partial charge in [0.1, 0.15) is 19.3 Å². The lowest BCUT2D eigenvalue weighted by Crippen LogP contribution is -2.30. The number of unbranched alkanes of at least 4 members (excludes halogenated alkanes) is 40. The third-order valence-electron chi connectivity index (χ3n) is 17.0. The first-order valence-corrected chi connectivity index (χ1v) is 42.5. The second kappa shape index (κ2) is 72.1. The van der Waals surface area contributed by atoms with Crippen molar-refractivity contribution >= 4 is 39.5 Å². The summed E-state index contributed by atoms with van der Waals surface area (Å²) >= 11 is 0. The predicted octanol–water partition coefficient (Wildman–Crippen LogP) is 22.7. The van der Waals surface area contributed by atoms with Crippen molar-refractivity contribution in [2.75, 3.05) is 39.6 Å². The topological polar surface area (TPSA) is 237 Å². The fraction of sp³-hybridized carbons (Fsp3) is 0.823. The molecule has 0 saturated carbocycles. The molecule has 0 aliphatic heterocycles. The number of phosphoric acid groups is 2. The van der Waals surface area contributed by atoms with E-state index in [1.807, 2.05) is 0 Å². The van der Waals surface area contributed by atoms with Gasteiger partial charge < -0.3 is 33.8 Å². The fourth-order valence-corrected chi connectivity index (χ4v) is 12.5. The number of phosphoric ester groups is 2. The Labute approximate surface area is 597 Å². The van der Waals surface area contributed by atoms with Gasteiger partial charge in [0, 0.05) is 25.7 Å². The average Bonchev–Trinajstić information content (AvgIpc) is 1.04. The third kappa shape index (κ3) is 71.2. The molecule has 0 aromatic heterocycles. The molecule has 0 bridgehead atoms. The molecule has 0 radical (unpaired) electrons. The van der Waals surface area contributed by atoms with Gasteiger partial charge in [-0.15, -0.1) is 0 Å². The molecule has 3 N–H and O–H groups in total. The maximum atomic E-state index is 13.1. The van der Waals surface area contributed by atoms with Crippen molar-refractivity contribution in [1.29, 1.82) is 0 Å². The molecule has 0 aliphatic rings. The van der Waals surface area contributed by atoms with Crippen molar-refractivity contribution in [2.24, 2.45) is 0 Å². The quantitative estimate of drug-likeness (QED) is 0.0128. The normalized spacial score (nSPS) is 14.2. The molecular weight excluding hydrogens is 1280 g/mol. The van der Waals surface area contributed by atoms with Crippen LogP contribution in [-0.2, 0) is 65.4 Å². The van der Waals surface area contributed by atoms with Crippen LogP contribution in [0.1, 0.15) is 362 Å². The van der Waals surface area contributed by atoms with E-state index in [-0.39, 0.29) is 25.7 Å². The summed E-state index contributed by atoms with van der Waals surface area (Å²) in [7, 11) is -9.94. The minimum Gasteiger partial charge on any atom is -0.462 e. The summed E-state index contributed by atoms with van der Waals surface area (Å²) in [6, 6.07) is 0. The Kier molecular flexibility index (Phi) is 69.7.